The van der Waals surface area contributed by atoms with E-state index in [1.807, 2.05) is 84.9 Å². The number of rotatable bonds is 16. The van der Waals surface area contributed by atoms with Crippen LogP contribution in [0.5, 0.6) is 0 Å². The highest BCUT2D eigenvalue weighted by Gasteiger charge is 2.35. The lowest BCUT2D eigenvalue weighted by atomic mass is 9.97. The number of hydrogen-bond donors (Lipinski definition) is 4. The lowest BCUT2D eigenvalue weighted by molar-refractivity contribution is -0.156. The SMILES string of the molecule is COC(=O)N[C@@H](C(=O)N[C@@H](Cc1ccccc1)[C@@H](CN(N)Cc1ccc(-c2ccccc2)cc1)OC(=O)[C@H](NC(=O)OC)C(C)C)C(C)C. The van der Waals surface area contributed by atoms with Crippen molar-refractivity contribution in [2.24, 2.45) is 17.7 Å². The average Bonchev–Trinajstić information content (AvgIpc) is 3.09. The average molecular weight is 676 g/mol. The molecule has 0 aromatic heterocycles. The molecule has 12 nitrogen and oxygen atoms in total. The Hall–Kier alpha value is -4.94. The number of nitrogens with zero attached hydrogens (tertiary/aromatic N) is 1. The minimum absolute atomic E-state index is 0.0176. The minimum Gasteiger partial charge on any atom is -0.457 e. The Morgan fingerprint density at radius 1 is 0.673 bits per heavy atom. The maximum absolute atomic E-state index is 13.7. The predicted octanol–water partition coefficient (Wildman–Crippen LogP) is 4.43. The zero-order chi connectivity index (χ0) is 35.9. The summed E-state index contributed by atoms with van der Waals surface area (Å²) in [7, 11) is 2.43. The quantitative estimate of drug-likeness (QED) is 0.0745. The lowest BCUT2D eigenvalue weighted by Crippen LogP contribution is -2.58. The number of nitrogens with two attached hydrogens (primary N) is 1. The van der Waals surface area contributed by atoms with Crippen LogP contribution in [0, 0.1) is 11.8 Å². The van der Waals surface area contributed by atoms with E-state index in [4.69, 9.17) is 20.1 Å². The Kier molecular flexibility index (Phi) is 15.1. The molecule has 0 saturated carbocycles. The van der Waals surface area contributed by atoms with Gasteiger partial charge in [0, 0.05) is 6.54 Å². The van der Waals surface area contributed by atoms with Crippen molar-refractivity contribution in [2.75, 3.05) is 20.8 Å². The van der Waals surface area contributed by atoms with Gasteiger partial charge in [-0.15, -0.1) is 0 Å². The van der Waals surface area contributed by atoms with Crippen LogP contribution in [0.25, 0.3) is 11.1 Å². The van der Waals surface area contributed by atoms with Gasteiger partial charge in [-0.1, -0.05) is 113 Å². The summed E-state index contributed by atoms with van der Waals surface area (Å²) in [5.41, 5.74) is 3.93. The maximum Gasteiger partial charge on any atom is 0.407 e. The van der Waals surface area contributed by atoms with Crippen LogP contribution in [0.15, 0.2) is 84.9 Å². The number of nitrogens with one attached hydrogen (secondary N) is 3. The van der Waals surface area contributed by atoms with E-state index in [1.54, 1.807) is 27.7 Å². The number of hydrogen-bond acceptors (Lipinski definition) is 9. The zero-order valence-corrected chi connectivity index (χ0v) is 29.1. The maximum atomic E-state index is 13.7. The van der Waals surface area contributed by atoms with Gasteiger partial charge in [0.1, 0.15) is 18.2 Å². The van der Waals surface area contributed by atoms with Crippen LogP contribution in [-0.4, -0.2) is 74.1 Å². The summed E-state index contributed by atoms with van der Waals surface area (Å²) in [5, 5.41) is 9.67. The predicted molar refractivity (Wildman–Crippen MR) is 187 cm³/mol. The molecule has 0 saturated heterocycles. The van der Waals surface area contributed by atoms with Crippen LogP contribution in [0.2, 0.25) is 0 Å². The summed E-state index contributed by atoms with van der Waals surface area (Å²) in [6, 6.07) is 24.6. The van der Waals surface area contributed by atoms with Crippen molar-refractivity contribution in [3.8, 4) is 11.1 Å². The van der Waals surface area contributed by atoms with Gasteiger partial charge in [0.15, 0.2) is 0 Å². The number of benzene rings is 3. The fourth-order valence-electron chi connectivity index (χ4n) is 5.25. The van der Waals surface area contributed by atoms with E-state index < -0.39 is 48.3 Å². The van der Waals surface area contributed by atoms with Gasteiger partial charge in [-0.3, -0.25) is 10.6 Å². The van der Waals surface area contributed by atoms with Crippen molar-refractivity contribution in [1.29, 1.82) is 0 Å². The van der Waals surface area contributed by atoms with Gasteiger partial charge in [-0.25, -0.2) is 19.4 Å². The standard InChI is InChI=1S/C37H49N5O7/c1-24(2)32(40-36(45)47-5)34(43)39-30(21-26-13-9-7-10-14-26)31(49-35(44)33(25(3)4)41-37(46)48-6)23-42(38)22-27-17-19-29(20-18-27)28-15-11-8-12-16-28/h7-20,24-25,30-33H,21-23,38H2,1-6H3,(H,39,43)(H,40,45)(H,41,46)/t30-,31+,32+,33+/m0/s1. The first-order valence-electron chi connectivity index (χ1n) is 16.3. The third-order valence-electron chi connectivity index (χ3n) is 7.99. The van der Waals surface area contributed by atoms with Crippen molar-refractivity contribution in [3.05, 3.63) is 96.1 Å². The van der Waals surface area contributed by atoms with Crippen LogP contribution < -0.4 is 21.8 Å². The molecule has 0 heterocycles. The summed E-state index contributed by atoms with van der Waals surface area (Å²) in [6.45, 7) is 7.44. The van der Waals surface area contributed by atoms with E-state index in [-0.39, 0.29) is 24.8 Å². The highest BCUT2D eigenvalue weighted by molar-refractivity contribution is 5.86. The zero-order valence-electron chi connectivity index (χ0n) is 29.1. The number of hydrazine groups is 1. The molecule has 5 N–H and O–H groups in total. The van der Waals surface area contributed by atoms with Crippen molar-refractivity contribution in [1.82, 2.24) is 21.0 Å². The number of methoxy groups -OCH3 is 2. The Labute approximate surface area is 288 Å². The van der Waals surface area contributed by atoms with Gasteiger partial charge >= 0.3 is 18.2 Å². The second-order valence-corrected chi connectivity index (χ2v) is 12.5. The van der Waals surface area contributed by atoms with Crippen LogP contribution >= 0.6 is 0 Å². The Morgan fingerprint density at radius 2 is 1.18 bits per heavy atom. The van der Waals surface area contributed by atoms with Gasteiger partial charge in [-0.2, -0.15) is 0 Å². The molecule has 12 heteroatoms. The lowest BCUT2D eigenvalue weighted by Gasteiger charge is -2.34. The number of carbonyl (C=O) groups excluding carboxylic acids is 4. The minimum atomic E-state index is -1.04. The smallest absolute Gasteiger partial charge is 0.407 e. The molecule has 0 bridgehead atoms. The number of amides is 3. The van der Waals surface area contributed by atoms with Crippen LogP contribution in [0.3, 0.4) is 0 Å². The van der Waals surface area contributed by atoms with E-state index >= 15 is 0 Å². The number of alkyl carbamates (subject to hydrolysis) is 2. The molecule has 3 aromatic carbocycles. The summed E-state index contributed by atoms with van der Waals surface area (Å²) in [6.07, 6.45) is -2.26. The first kappa shape index (κ1) is 38.5. The van der Waals surface area contributed by atoms with Crippen LogP contribution in [0.4, 0.5) is 9.59 Å². The van der Waals surface area contributed by atoms with E-state index in [0.29, 0.717) is 6.54 Å². The van der Waals surface area contributed by atoms with E-state index in [0.717, 1.165) is 22.3 Å². The fraction of sp³-hybridized carbons (Fsp3) is 0.405. The summed E-state index contributed by atoms with van der Waals surface area (Å²) >= 11 is 0. The third-order valence-corrected chi connectivity index (χ3v) is 7.99. The Bertz CT molecular complexity index is 1490. The van der Waals surface area contributed by atoms with Crippen molar-refractivity contribution in [3.63, 3.8) is 0 Å². The first-order valence-corrected chi connectivity index (χ1v) is 16.3. The molecule has 0 aliphatic heterocycles. The molecule has 0 unspecified atom stereocenters. The van der Waals surface area contributed by atoms with Crippen molar-refractivity contribution >= 4 is 24.1 Å². The topological polar surface area (TPSA) is 161 Å². The molecule has 49 heavy (non-hydrogen) atoms. The molecule has 3 aromatic rings. The molecule has 3 amide bonds. The van der Waals surface area contributed by atoms with Crippen molar-refractivity contribution in [2.45, 2.75) is 64.9 Å². The molecule has 0 aliphatic rings. The fourth-order valence-corrected chi connectivity index (χ4v) is 5.25. The highest BCUT2D eigenvalue weighted by atomic mass is 16.6. The molecular weight excluding hydrogens is 626 g/mol. The molecule has 3 rings (SSSR count). The van der Waals surface area contributed by atoms with E-state index in [9.17, 15) is 19.2 Å². The molecular formula is C37H49N5O7. The normalized spacial score (nSPS) is 13.6. The van der Waals surface area contributed by atoms with Gasteiger partial charge in [0.25, 0.3) is 0 Å². The largest absolute Gasteiger partial charge is 0.457 e. The second-order valence-electron chi connectivity index (χ2n) is 12.5. The summed E-state index contributed by atoms with van der Waals surface area (Å²) in [5.74, 6) is 4.74. The highest BCUT2D eigenvalue weighted by Crippen LogP contribution is 2.20. The third kappa shape index (κ3) is 12.2. The Balaban J connectivity index is 1.94. The first-order chi connectivity index (χ1) is 23.4. The molecule has 0 radical (unpaired) electrons. The second kappa shape index (κ2) is 19.2. The van der Waals surface area contributed by atoms with Crippen molar-refractivity contribution < 1.29 is 33.4 Å². The molecule has 0 spiro atoms. The number of ether oxygens (including phenoxy) is 3. The van der Waals surface area contributed by atoms with E-state index in [1.165, 1.54) is 19.2 Å². The monoisotopic (exact) mass is 675 g/mol. The Morgan fingerprint density at radius 3 is 1.71 bits per heavy atom. The number of esters is 1. The molecule has 4 atom stereocenters. The molecule has 0 aliphatic carbocycles. The van der Waals surface area contributed by atoms with E-state index in [2.05, 4.69) is 16.0 Å². The van der Waals surface area contributed by atoms with Crippen LogP contribution in [-0.2, 0) is 36.8 Å². The molecule has 0 fully saturated rings. The van der Waals surface area contributed by atoms with Gasteiger partial charge in [-0.05, 0) is 40.5 Å². The van der Waals surface area contributed by atoms with Crippen LogP contribution in [0.1, 0.15) is 38.8 Å². The summed E-state index contributed by atoms with van der Waals surface area (Å²) in [4.78, 5) is 51.7. The molecule has 264 valence electrons. The van der Waals surface area contributed by atoms with Gasteiger partial charge in [0.05, 0.1) is 26.8 Å². The summed E-state index contributed by atoms with van der Waals surface area (Å²) < 4.78 is 15.6. The van der Waals surface area contributed by atoms with Gasteiger partial charge < -0.3 is 30.2 Å². The van der Waals surface area contributed by atoms with Gasteiger partial charge in [0.2, 0.25) is 5.91 Å². The number of carbonyl (C=O) groups is 4.